The Morgan fingerprint density at radius 1 is 1.43 bits per heavy atom. The maximum absolute atomic E-state index is 13.4. The van der Waals surface area contributed by atoms with Crippen LogP contribution in [0, 0.1) is 17.3 Å². The summed E-state index contributed by atoms with van der Waals surface area (Å²) in [5, 5.41) is -1.32. The summed E-state index contributed by atoms with van der Waals surface area (Å²) >= 11 is 5.31. The molecular formula is C15H14ClF4NO2. The van der Waals surface area contributed by atoms with E-state index in [-0.39, 0.29) is 5.56 Å². The van der Waals surface area contributed by atoms with Gasteiger partial charge in [-0.15, -0.1) is 0 Å². The van der Waals surface area contributed by atoms with Crippen LogP contribution in [-0.4, -0.2) is 24.2 Å². The summed E-state index contributed by atoms with van der Waals surface area (Å²) in [6, 6.07) is 2.41. The van der Waals surface area contributed by atoms with Gasteiger partial charge in [0.15, 0.2) is 0 Å². The van der Waals surface area contributed by atoms with Gasteiger partial charge in [-0.3, -0.25) is 4.79 Å². The quantitative estimate of drug-likeness (QED) is 0.470. The van der Waals surface area contributed by atoms with Crippen molar-refractivity contribution in [2.45, 2.75) is 25.4 Å². The molecule has 1 aromatic heterocycles. The topological polar surface area (TPSA) is 39.2 Å². The second kappa shape index (κ2) is 5.47. The van der Waals surface area contributed by atoms with Crippen LogP contribution in [0.5, 0.6) is 0 Å². The fourth-order valence-corrected chi connectivity index (χ4v) is 3.37. The van der Waals surface area contributed by atoms with Gasteiger partial charge in [0.05, 0.1) is 7.11 Å². The standard InChI is InChI=1S/C15H14ClF4NO2/c1-13(2)9(7-10(16)15(18,19)20)14(13,12(22)23-3)8-4-5-21-11(17)6-8/h4-7,9H,1-3H3/t9-,14+/m1/s1. The Labute approximate surface area is 135 Å². The molecule has 126 valence electrons. The van der Waals surface area contributed by atoms with E-state index >= 15 is 0 Å². The molecule has 1 fully saturated rings. The molecule has 2 rings (SSSR count). The summed E-state index contributed by atoms with van der Waals surface area (Å²) in [5.74, 6) is -2.47. The average Bonchev–Trinajstić information content (AvgIpc) is 2.93. The highest BCUT2D eigenvalue weighted by Gasteiger charge is 2.76. The molecule has 0 spiro atoms. The van der Waals surface area contributed by atoms with Gasteiger partial charge in [-0.05, 0) is 23.1 Å². The van der Waals surface area contributed by atoms with Gasteiger partial charge in [-0.1, -0.05) is 31.5 Å². The Bertz CT molecular complexity index is 672. The Morgan fingerprint density at radius 2 is 2.04 bits per heavy atom. The van der Waals surface area contributed by atoms with Crippen LogP contribution in [0.15, 0.2) is 29.4 Å². The maximum atomic E-state index is 13.4. The number of carbonyl (C=O) groups is 1. The van der Waals surface area contributed by atoms with E-state index < -0.39 is 39.9 Å². The molecule has 3 nitrogen and oxygen atoms in total. The van der Waals surface area contributed by atoms with E-state index in [9.17, 15) is 22.4 Å². The lowest BCUT2D eigenvalue weighted by Crippen LogP contribution is -2.28. The number of allylic oxidation sites excluding steroid dienone is 2. The number of ether oxygens (including phenoxy) is 1. The number of pyridine rings is 1. The van der Waals surface area contributed by atoms with E-state index in [1.165, 1.54) is 6.07 Å². The van der Waals surface area contributed by atoms with Crippen LogP contribution in [0.25, 0.3) is 0 Å². The van der Waals surface area contributed by atoms with Crippen molar-refractivity contribution in [1.82, 2.24) is 4.98 Å². The minimum atomic E-state index is -4.72. The molecule has 1 heterocycles. The van der Waals surface area contributed by atoms with Gasteiger partial charge in [0.1, 0.15) is 10.4 Å². The zero-order valence-electron chi connectivity index (χ0n) is 12.5. The fraction of sp³-hybridized carbons (Fsp3) is 0.467. The normalized spacial score (nSPS) is 26.8. The number of nitrogens with zero attached hydrogens (tertiary/aromatic N) is 1. The van der Waals surface area contributed by atoms with Crippen LogP contribution in [0.2, 0.25) is 0 Å². The highest BCUT2D eigenvalue weighted by atomic mass is 35.5. The molecule has 1 aliphatic carbocycles. The Kier molecular flexibility index (Phi) is 4.22. The number of methoxy groups -OCH3 is 1. The van der Waals surface area contributed by atoms with Crippen LogP contribution in [0.1, 0.15) is 19.4 Å². The highest BCUT2D eigenvalue weighted by molar-refractivity contribution is 6.30. The van der Waals surface area contributed by atoms with Crippen LogP contribution in [-0.2, 0) is 14.9 Å². The predicted molar refractivity (Wildman–Crippen MR) is 75.2 cm³/mol. The average molecular weight is 352 g/mol. The lowest BCUT2D eigenvalue weighted by Gasteiger charge is -2.18. The van der Waals surface area contributed by atoms with E-state index in [4.69, 9.17) is 16.3 Å². The second-order valence-electron chi connectivity index (χ2n) is 5.88. The largest absolute Gasteiger partial charge is 0.468 e. The van der Waals surface area contributed by atoms with Crippen molar-refractivity contribution in [1.29, 1.82) is 0 Å². The van der Waals surface area contributed by atoms with Crippen LogP contribution in [0.3, 0.4) is 0 Å². The predicted octanol–water partition coefficient (Wildman–Crippen LogP) is 3.97. The van der Waals surface area contributed by atoms with E-state index in [1.807, 2.05) is 0 Å². The molecule has 0 aromatic carbocycles. The molecule has 23 heavy (non-hydrogen) atoms. The van der Waals surface area contributed by atoms with Crippen molar-refractivity contribution in [2.75, 3.05) is 7.11 Å². The second-order valence-corrected chi connectivity index (χ2v) is 6.29. The van der Waals surface area contributed by atoms with Crippen molar-refractivity contribution >= 4 is 17.6 Å². The third-order valence-electron chi connectivity index (χ3n) is 4.45. The van der Waals surface area contributed by atoms with Crippen molar-refractivity contribution in [3.05, 3.63) is 40.9 Å². The monoisotopic (exact) mass is 351 g/mol. The number of aromatic nitrogens is 1. The molecular weight excluding hydrogens is 338 g/mol. The maximum Gasteiger partial charge on any atom is 0.426 e. The Balaban J connectivity index is 2.59. The number of rotatable bonds is 3. The van der Waals surface area contributed by atoms with Gasteiger partial charge in [-0.25, -0.2) is 4.98 Å². The van der Waals surface area contributed by atoms with Gasteiger partial charge in [0.25, 0.3) is 0 Å². The lowest BCUT2D eigenvalue weighted by molar-refractivity contribution is -0.145. The van der Waals surface area contributed by atoms with Crippen LogP contribution < -0.4 is 0 Å². The molecule has 1 saturated carbocycles. The van der Waals surface area contributed by atoms with Gasteiger partial charge < -0.3 is 4.74 Å². The first-order chi connectivity index (χ1) is 10.5. The molecule has 2 atom stereocenters. The number of carbonyl (C=O) groups excluding carboxylic acids is 1. The molecule has 1 aliphatic rings. The van der Waals surface area contributed by atoms with Gasteiger partial charge in [-0.2, -0.15) is 17.6 Å². The van der Waals surface area contributed by atoms with Crippen molar-refractivity contribution in [2.24, 2.45) is 11.3 Å². The molecule has 0 amide bonds. The first kappa shape index (κ1) is 17.7. The van der Waals surface area contributed by atoms with Gasteiger partial charge >= 0.3 is 12.1 Å². The summed E-state index contributed by atoms with van der Waals surface area (Å²) < 4.78 is 56.3. The smallest absolute Gasteiger partial charge is 0.426 e. The van der Waals surface area contributed by atoms with Gasteiger partial charge in [0.2, 0.25) is 5.95 Å². The summed E-state index contributed by atoms with van der Waals surface area (Å²) in [6.45, 7) is 3.20. The number of hydrogen-bond donors (Lipinski definition) is 0. The molecule has 8 heteroatoms. The first-order valence-corrected chi connectivity index (χ1v) is 7.02. The van der Waals surface area contributed by atoms with E-state index in [0.29, 0.717) is 0 Å². The first-order valence-electron chi connectivity index (χ1n) is 6.64. The van der Waals surface area contributed by atoms with Crippen LogP contribution >= 0.6 is 11.6 Å². The zero-order chi connectivity index (χ0) is 17.6. The minimum Gasteiger partial charge on any atom is -0.468 e. The summed E-state index contributed by atoms with van der Waals surface area (Å²) in [7, 11) is 1.13. The fourth-order valence-electron chi connectivity index (χ4n) is 3.25. The van der Waals surface area contributed by atoms with E-state index in [0.717, 1.165) is 25.4 Å². The molecule has 0 aliphatic heterocycles. The number of halogens is 5. The lowest BCUT2D eigenvalue weighted by atomic mass is 9.88. The molecule has 0 N–H and O–H groups in total. The number of hydrogen-bond acceptors (Lipinski definition) is 3. The molecule has 0 unspecified atom stereocenters. The summed E-state index contributed by atoms with van der Waals surface area (Å²) in [5.41, 5.74) is -2.18. The zero-order valence-corrected chi connectivity index (χ0v) is 13.3. The molecule has 0 radical (unpaired) electrons. The van der Waals surface area contributed by atoms with Crippen molar-refractivity contribution in [3.63, 3.8) is 0 Å². The van der Waals surface area contributed by atoms with Crippen molar-refractivity contribution in [3.8, 4) is 0 Å². The molecule has 0 bridgehead atoms. The molecule has 0 saturated heterocycles. The number of esters is 1. The van der Waals surface area contributed by atoms with Crippen molar-refractivity contribution < 1.29 is 27.1 Å². The Morgan fingerprint density at radius 3 is 2.52 bits per heavy atom. The van der Waals surface area contributed by atoms with E-state index in [1.54, 1.807) is 13.8 Å². The summed E-state index contributed by atoms with van der Waals surface area (Å²) in [4.78, 5) is 15.7. The number of alkyl halides is 3. The Hall–Kier alpha value is -1.63. The third-order valence-corrected chi connectivity index (χ3v) is 4.79. The molecule has 1 aromatic rings. The minimum absolute atomic E-state index is 0.203. The van der Waals surface area contributed by atoms with Gasteiger partial charge in [0, 0.05) is 12.1 Å². The van der Waals surface area contributed by atoms with E-state index in [2.05, 4.69) is 4.98 Å². The SMILES string of the molecule is COC(=O)[C@]1(c2ccnc(F)c2)[C@H](C=C(Cl)C(F)(F)F)C1(C)C. The third kappa shape index (κ3) is 2.60. The summed E-state index contributed by atoms with van der Waals surface area (Å²) in [6.07, 6.45) is -2.78. The van der Waals surface area contributed by atoms with Crippen LogP contribution in [0.4, 0.5) is 17.6 Å². The highest BCUT2D eigenvalue weighted by Crippen LogP contribution is 2.71.